The second-order valence-corrected chi connectivity index (χ2v) is 3.77. The van der Waals surface area contributed by atoms with Crippen molar-refractivity contribution < 1.29 is 13.2 Å². The van der Waals surface area contributed by atoms with Crippen LogP contribution in [-0.2, 0) is 6.18 Å². The van der Waals surface area contributed by atoms with E-state index in [0.717, 1.165) is 0 Å². The van der Waals surface area contributed by atoms with E-state index in [4.69, 9.17) is 23.2 Å². The molecule has 0 aromatic carbocycles. The Morgan fingerprint density at radius 1 is 1.27 bits per heavy atom. The molecule has 1 nitrogen and oxygen atoms in total. The number of hydrogen-bond acceptors (Lipinski definition) is 2. The van der Waals surface area contributed by atoms with Gasteiger partial charge in [0, 0.05) is 0 Å². The first-order valence-corrected chi connectivity index (χ1v) is 3.87. The number of rotatable bonds is 0. The molecule has 0 unspecified atom stereocenters. The lowest BCUT2D eigenvalue weighted by atomic mass is 10.5. The zero-order valence-electron chi connectivity index (χ0n) is 4.75. The maximum Gasteiger partial charge on any atom is 0.435 e. The molecule has 0 fully saturated rings. The van der Waals surface area contributed by atoms with Crippen molar-refractivity contribution in [2.24, 2.45) is 0 Å². The Hall–Kier alpha value is -0.0000000000000000555. The van der Waals surface area contributed by atoms with E-state index in [-0.39, 0.29) is 4.47 Å². The van der Waals surface area contributed by atoms with Gasteiger partial charge in [-0.25, -0.2) is 4.98 Å². The summed E-state index contributed by atoms with van der Waals surface area (Å²) < 4.78 is 35.0. The van der Waals surface area contributed by atoms with Crippen molar-refractivity contribution in [3.8, 4) is 0 Å². The first-order valence-electron chi connectivity index (χ1n) is 2.30. The van der Waals surface area contributed by atoms with Crippen LogP contribution in [-0.4, -0.2) is 4.98 Å². The van der Waals surface area contributed by atoms with Gasteiger partial charge >= 0.3 is 6.18 Å². The molecule has 1 aromatic heterocycles. The van der Waals surface area contributed by atoms with Crippen molar-refractivity contribution in [2.75, 3.05) is 0 Å². The zero-order chi connectivity index (χ0) is 8.65. The lowest BCUT2D eigenvalue weighted by Crippen LogP contribution is -2.05. The van der Waals surface area contributed by atoms with Crippen LogP contribution in [0.1, 0.15) is 5.69 Å². The smallest absolute Gasteiger partial charge is 0.219 e. The summed E-state index contributed by atoms with van der Waals surface area (Å²) in [5.41, 5.74) is -1.12. The average Bonchev–Trinajstić information content (AvgIpc) is 2.08. The molecule has 1 rings (SSSR count). The summed E-state index contributed by atoms with van der Waals surface area (Å²) in [5, 5.41) is 0. The van der Waals surface area contributed by atoms with Gasteiger partial charge in [0.1, 0.15) is 4.34 Å². The Labute approximate surface area is 73.8 Å². The normalized spacial score (nSPS) is 12.1. The Morgan fingerprint density at radius 3 is 2.00 bits per heavy atom. The zero-order valence-corrected chi connectivity index (χ0v) is 7.07. The van der Waals surface area contributed by atoms with Gasteiger partial charge in [0.2, 0.25) is 0 Å². The third-order valence-corrected chi connectivity index (χ3v) is 2.19. The Morgan fingerprint density at radius 2 is 1.82 bits per heavy atom. The number of halogens is 5. The van der Waals surface area contributed by atoms with Gasteiger partial charge in [-0.2, -0.15) is 13.2 Å². The maximum atomic E-state index is 11.9. The highest BCUT2D eigenvalue weighted by Crippen LogP contribution is 2.38. The van der Waals surface area contributed by atoms with E-state index >= 15 is 0 Å². The molecule has 0 saturated heterocycles. The molecule has 0 amide bonds. The fourth-order valence-corrected chi connectivity index (χ4v) is 1.80. The van der Waals surface area contributed by atoms with Crippen LogP contribution in [0.5, 0.6) is 0 Å². The Bertz CT molecular complexity index is 269. The van der Waals surface area contributed by atoms with Crippen molar-refractivity contribution >= 4 is 34.5 Å². The minimum Gasteiger partial charge on any atom is -0.219 e. The van der Waals surface area contributed by atoms with Gasteiger partial charge in [0.15, 0.2) is 10.2 Å². The summed E-state index contributed by atoms with van der Waals surface area (Å²) in [6, 6.07) is 0. The third-order valence-electron chi connectivity index (χ3n) is 0.828. The van der Waals surface area contributed by atoms with Crippen molar-refractivity contribution in [1.82, 2.24) is 4.98 Å². The number of thiazole rings is 1. The highest BCUT2D eigenvalue weighted by Gasteiger charge is 2.36. The van der Waals surface area contributed by atoms with E-state index in [2.05, 4.69) is 4.98 Å². The molecule has 0 aliphatic carbocycles. The number of nitrogens with zero attached hydrogens (tertiary/aromatic N) is 1. The maximum absolute atomic E-state index is 11.9. The van der Waals surface area contributed by atoms with Crippen LogP contribution in [0.3, 0.4) is 0 Å². The van der Waals surface area contributed by atoms with Crippen LogP contribution in [0.2, 0.25) is 8.80 Å². The van der Waals surface area contributed by atoms with E-state index in [1.807, 2.05) is 0 Å². The number of aromatic nitrogens is 1. The van der Waals surface area contributed by atoms with Crippen LogP contribution in [0.15, 0.2) is 0 Å². The SMILES string of the molecule is FC(F)(F)c1nc(Cl)sc1Cl. The lowest BCUT2D eigenvalue weighted by molar-refractivity contribution is -0.140. The minimum atomic E-state index is -4.51. The predicted octanol–water partition coefficient (Wildman–Crippen LogP) is 3.47. The topological polar surface area (TPSA) is 12.9 Å². The van der Waals surface area contributed by atoms with Gasteiger partial charge in [0.05, 0.1) is 0 Å². The summed E-state index contributed by atoms with van der Waals surface area (Å²) in [6.45, 7) is 0. The van der Waals surface area contributed by atoms with E-state index < -0.39 is 16.2 Å². The number of hydrogen-bond donors (Lipinski definition) is 0. The van der Waals surface area contributed by atoms with Crippen molar-refractivity contribution in [3.05, 3.63) is 14.5 Å². The van der Waals surface area contributed by atoms with E-state index in [1.54, 1.807) is 0 Å². The molecule has 0 N–H and O–H groups in total. The summed E-state index contributed by atoms with van der Waals surface area (Å²) in [5.74, 6) is 0. The molecule has 0 atom stereocenters. The van der Waals surface area contributed by atoms with Crippen LogP contribution < -0.4 is 0 Å². The van der Waals surface area contributed by atoms with Gasteiger partial charge in [0.25, 0.3) is 0 Å². The molecular formula is C4Cl2F3NS. The first kappa shape index (κ1) is 9.09. The lowest BCUT2D eigenvalue weighted by Gasteiger charge is -2.00. The molecule has 0 spiro atoms. The van der Waals surface area contributed by atoms with Gasteiger partial charge in [-0.1, -0.05) is 34.5 Å². The summed E-state index contributed by atoms with van der Waals surface area (Å²) in [4.78, 5) is 3.01. The molecule has 7 heteroatoms. The molecular weight excluding hydrogens is 222 g/mol. The third kappa shape index (κ3) is 1.98. The quantitative estimate of drug-likeness (QED) is 0.654. The van der Waals surface area contributed by atoms with Crippen LogP contribution in [0.4, 0.5) is 13.2 Å². The van der Waals surface area contributed by atoms with E-state index in [0.29, 0.717) is 11.3 Å². The monoisotopic (exact) mass is 221 g/mol. The average molecular weight is 222 g/mol. The molecule has 1 heterocycles. The molecule has 0 radical (unpaired) electrons. The van der Waals surface area contributed by atoms with Crippen LogP contribution >= 0.6 is 34.5 Å². The Kier molecular flexibility index (Phi) is 2.32. The molecule has 11 heavy (non-hydrogen) atoms. The van der Waals surface area contributed by atoms with Crippen molar-refractivity contribution in [1.29, 1.82) is 0 Å². The molecule has 0 saturated carbocycles. The summed E-state index contributed by atoms with van der Waals surface area (Å²) >= 11 is 11.0. The largest absolute Gasteiger partial charge is 0.435 e. The molecule has 0 aliphatic rings. The predicted molar refractivity (Wildman–Crippen MR) is 37.1 cm³/mol. The second-order valence-electron chi connectivity index (χ2n) is 1.59. The molecule has 0 bridgehead atoms. The van der Waals surface area contributed by atoms with Gasteiger partial charge < -0.3 is 0 Å². The van der Waals surface area contributed by atoms with Crippen LogP contribution in [0, 0.1) is 0 Å². The minimum absolute atomic E-state index is 0.206. The molecule has 0 aliphatic heterocycles. The Balaban J connectivity index is 3.13. The van der Waals surface area contributed by atoms with E-state index in [1.165, 1.54) is 0 Å². The van der Waals surface area contributed by atoms with Gasteiger partial charge in [-0.05, 0) is 0 Å². The highest BCUT2D eigenvalue weighted by atomic mass is 35.5. The summed E-state index contributed by atoms with van der Waals surface area (Å²) in [7, 11) is 0. The second kappa shape index (κ2) is 2.80. The van der Waals surface area contributed by atoms with E-state index in [9.17, 15) is 13.2 Å². The standard InChI is InChI=1S/C4Cl2F3NS/c5-2-1(4(7,8)9)10-3(6)11-2. The fraction of sp³-hybridized carbons (Fsp3) is 0.250. The van der Waals surface area contributed by atoms with Gasteiger partial charge in [-0.15, -0.1) is 0 Å². The highest BCUT2D eigenvalue weighted by molar-refractivity contribution is 7.19. The fourth-order valence-electron chi connectivity index (χ4n) is 0.452. The first-order chi connectivity index (χ1) is 4.91. The summed E-state index contributed by atoms with van der Waals surface area (Å²) in [6.07, 6.45) is -4.51. The van der Waals surface area contributed by atoms with Crippen LogP contribution in [0.25, 0.3) is 0 Å². The molecule has 62 valence electrons. The molecule has 1 aromatic rings. The van der Waals surface area contributed by atoms with Crippen molar-refractivity contribution in [2.45, 2.75) is 6.18 Å². The van der Waals surface area contributed by atoms with Gasteiger partial charge in [-0.3, -0.25) is 0 Å². The number of alkyl halides is 3. The van der Waals surface area contributed by atoms with Crippen molar-refractivity contribution in [3.63, 3.8) is 0 Å².